The van der Waals surface area contributed by atoms with Gasteiger partial charge in [-0.25, -0.2) is 0 Å². The fourth-order valence-corrected chi connectivity index (χ4v) is 11.3. The number of nitrogens with zero attached hydrogens (tertiary/aromatic N) is 1. The minimum Gasteiger partial charge on any atom is -0.310 e. The fraction of sp³-hybridized carbons (Fsp3) is 0.156. The van der Waals surface area contributed by atoms with Gasteiger partial charge in [-0.3, -0.25) is 0 Å². The van der Waals surface area contributed by atoms with Crippen molar-refractivity contribution in [1.82, 2.24) is 0 Å². The Labute approximate surface area is 385 Å². The maximum Gasteiger partial charge on any atom is 0.0734 e. The molecule has 2 aliphatic rings. The van der Waals surface area contributed by atoms with Crippen LogP contribution in [0.5, 0.6) is 0 Å². The van der Waals surface area contributed by atoms with Crippen molar-refractivity contribution in [2.75, 3.05) is 4.90 Å². The van der Waals surface area contributed by atoms with Crippen LogP contribution in [0.3, 0.4) is 0 Å². The fourth-order valence-electron chi connectivity index (χ4n) is 11.3. The first-order chi connectivity index (χ1) is 31.5. The van der Waals surface area contributed by atoms with E-state index in [-0.39, 0.29) is 10.8 Å². The van der Waals surface area contributed by atoms with Crippen molar-refractivity contribution in [3.63, 3.8) is 0 Å². The Bertz CT molecular complexity index is 3190. The number of para-hydroxylation sites is 1. The van der Waals surface area contributed by atoms with Gasteiger partial charge >= 0.3 is 0 Å². The van der Waals surface area contributed by atoms with Gasteiger partial charge in [-0.1, -0.05) is 236 Å². The van der Waals surface area contributed by atoms with E-state index < -0.39 is 10.8 Å². The van der Waals surface area contributed by atoms with E-state index >= 15 is 0 Å². The van der Waals surface area contributed by atoms with E-state index in [0.29, 0.717) is 0 Å². The zero-order chi connectivity index (χ0) is 44.6. The Morgan fingerprint density at radius 2 is 0.723 bits per heavy atom. The summed E-state index contributed by atoms with van der Waals surface area (Å²) in [4.78, 5) is 2.52. The van der Waals surface area contributed by atoms with Crippen LogP contribution in [0, 0.1) is 0 Å². The average molecular weight is 838 g/mol. The van der Waals surface area contributed by atoms with E-state index in [1.165, 1.54) is 77.9 Å². The summed E-state index contributed by atoms with van der Waals surface area (Å²) in [5, 5.41) is 0. The third kappa shape index (κ3) is 6.20. The SMILES string of the molecule is CC(C)(C)c1ccc(C2(c3ccccc3)c3ccccc3-c3cc(N(c4ccccc4)c4cccc5c4C(c4ccccc4)(c4ccc(C(C)(C)C)cc4)c4ccccc4-5)ccc32)cc1. The minimum atomic E-state index is -0.599. The molecule has 9 aromatic rings. The number of rotatable bonds is 7. The normalized spacial score (nSPS) is 17.2. The van der Waals surface area contributed by atoms with Gasteiger partial charge in [-0.15, -0.1) is 0 Å². The second-order valence-electron chi connectivity index (χ2n) is 20.1. The monoisotopic (exact) mass is 837 g/mol. The van der Waals surface area contributed by atoms with Gasteiger partial charge in [0.1, 0.15) is 0 Å². The number of benzene rings is 9. The topological polar surface area (TPSA) is 3.24 Å². The summed E-state index contributed by atoms with van der Waals surface area (Å²) < 4.78 is 0. The lowest BCUT2D eigenvalue weighted by atomic mass is 9.66. The van der Waals surface area contributed by atoms with Gasteiger partial charge in [0.05, 0.1) is 16.5 Å². The summed E-state index contributed by atoms with van der Waals surface area (Å²) in [5.74, 6) is 0. The molecule has 0 aliphatic heterocycles. The molecule has 0 spiro atoms. The lowest BCUT2D eigenvalue weighted by molar-refractivity contribution is 0.589. The molecule has 0 saturated carbocycles. The molecule has 0 fully saturated rings. The maximum atomic E-state index is 2.52. The van der Waals surface area contributed by atoms with Crippen LogP contribution in [0.1, 0.15) is 97.2 Å². The molecule has 0 heterocycles. The van der Waals surface area contributed by atoms with E-state index in [0.717, 1.165) is 17.1 Å². The predicted octanol–water partition coefficient (Wildman–Crippen LogP) is 16.5. The van der Waals surface area contributed by atoms with Gasteiger partial charge in [0.2, 0.25) is 0 Å². The smallest absolute Gasteiger partial charge is 0.0734 e. The van der Waals surface area contributed by atoms with Crippen LogP contribution in [0.4, 0.5) is 17.1 Å². The molecule has 11 rings (SSSR count). The van der Waals surface area contributed by atoms with Crippen molar-refractivity contribution >= 4 is 17.1 Å². The second kappa shape index (κ2) is 15.2. The van der Waals surface area contributed by atoms with E-state index in [9.17, 15) is 0 Å². The highest BCUT2D eigenvalue weighted by Gasteiger charge is 2.49. The summed E-state index contributed by atoms with van der Waals surface area (Å²) in [6.07, 6.45) is 0. The number of hydrogen-bond donors (Lipinski definition) is 0. The largest absolute Gasteiger partial charge is 0.310 e. The van der Waals surface area contributed by atoms with E-state index in [4.69, 9.17) is 0 Å². The van der Waals surface area contributed by atoms with E-state index in [1.54, 1.807) is 0 Å². The third-order valence-corrected chi connectivity index (χ3v) is 14.4. The van der Waals surface area contributed by atoms with Gasteiger partial charge in [0.15, 0.2) is 0 Å². The standard InChI is InChI=1S/C64H55N/c1-61(2,3)44-33-37-48(38-34-44)63(46-21-10-7-11-22-46)56-30-18-17-28-53(56)55-43-51(41-42-58(55)63)65(50-25-14-9-15-26-50)59-32-20-29-54-52-27-16-19-31-57(52)64(60(54)59,47-23-12-8-13-24-47)49-39-35-45(36-40-49)62(4,5)6/h7-43H,1-6H3. The first-order valence-electron chi connectivity index (χ1n) is 23.2. The zero-order valence-corrected chi connectivity index (χ0v) is 38.3. The molecular formula is C64H55N. The first kappa shape index (κ1) is 40.5. The van der Waals surface area contributed by atoms with Crippen LogP contribution in [0.2, 0.25) is 0 Å². The molecule has 0 N–H and O–H groups in total. The summed E-state index contributed by atoms with van der Waals surface area (Å²) in [6, 6.07) is 84.7. The van der Waals surface area contributed by atoms with Crippen molar-refractivity contribution in [2.45, 2.75) is 63.2 Å². The Balaban J connectivity index is 1.19. The van der Waals surface area contributed by atoms with Crippen molar-refractivity contribution in [1.29, 1.82) is 0 Å². The molecule has 2 aliphatic carbocycles. The first-order valence-corrected chi connectivity index (χ1v) is 23.2. The molecule has 0 aromatic heterocycles. The van der Waals surface area contributed by atoms with Gasteiger partial charge < -0.3 is 4.90 Å². The Kier molecular flexibility index (Phi) is 9.49. The number of fused-ring (bicyclic) bond motifs is 6. The van der Waals surface area contributed by atoms with Crippen LogP contribution in [-0.4, -0.2) is 0 Å². The lowest BCUT2D eigenvalue weighted by Gasteiger charge is -2.38. The van der Waals surface area contributed by atoms with Crippen LogP contribution >= 0.6 is 0 Å². The maximum absolute atomic E-state index is 2.52. The van der Waals surface area contributed by atoms with Crippen LogP contribution in [0.25, 0.3) is 22.3 Å². The Morgan fingerprint density at radius 1 is 0.308 bits per heavy atom. The molecule has 0 bridgehead atoms. The Hall–Kier alpha value is -7.22. The molecule has 9 aromatic carbocycles. The molecule has 0 radical (unpaired) electrons. The van der Waals surface area contributed by atoms with Crippen molar-refractivity contribution in [3.8, 4) is 22.3 Å². The number of anilines is 3. The quantitative estimate of drug-likeness (QED) is 0.155. The van der Waals surface area contributed by atoms with Gasteiger partial charge in [-0.2, -0.15) is 0 Å². The summed E-state index contributed by atoms with van der Waals surface area (Å²) in [5.41, 5.74) is 20.3. The summed E-state index contributed by atoms with van der Waals surface area (Å²) in [7, 11) is 0. The molecule has 1 heteroatoms. The molecular weight excluding hydrogens is 783 g/mol. The average Bonchev–Trinajstić information content (AvgIpc) is 3.81. The van der Waals surface area contributed by atoms with E-state index in [2.05, 4.69) is 271 Å². The van der Waals surface area contributed by atoms with Crippen LogP contribution < -0.4 is 4.90 Å². The highest BCUT2D eigenvalue weighted by Crippen LogP contribution is 2.61. The molecule has 316 valence electrons. The number of hydrogen-bond acceptors (Lipinski definition) is 1. The van der Waals surface area contributed by atoms with Crippen LogP contribution in [-0.2, 0) is 21.7 Å². The lowest BCUT2D eigenvalue weighted by Crippen LogP contribution is -2.31. The zero-order valence-electron chi connectivity index (χ0n) is 38.3. The molecule has 1 nitrogen and oxygen atoms in total. The minimum absolute atomic E-state index is 0.0271. The summed E-state index contributed by atoms with van der Waals surface area (Å²) in [6.45, 7) is 13.8. The molecule has 0 amide bonds. The molecule has 2 unspecified atom stereocenters. The van der Waals surface area contributed by atoms with Crippen LogP contribution in [0.15, 0.2) is 224 Å². The summed E-state index contributed by atoms with van der Waals surface area (Å²) >= 11 is 0. The van der Waals surface area contributed by atoms with Crippen molar-refractivity contribution in [2.24, 2.45) is 0 Å². The van der Waals surface area contributed by atoms with Gasteiger partial charge in [-0.05, 0) is 113 Å². The van der Waals surface area contributed by atoms with Crippen molar-refractivity contribution < 1.29 is 0 Å². The highest BCUT2D eigenvalue weighted by atomic mass is 15.1. The van der Waals surface area contributed by atoms with E-state index in [1.807, 2.05) is 0 Å². The molecule has 65 heavy (non-hydrogen) atoms. The highest BCUT2D eigenvalue weighted by molar-refractivity contribution is 5.96. The predicted molar refractivity (Wildman–Crippen MR) is 273 cm³/mol. The molecule has 2 atom stereocenters. The Morgan fingerprint density at radius 3 is 1.28 bits per heavy atom. The second-order valence-corrected chi connectivity index (χ2v) is 20.1. The van der Waals surface area contributed by atoms with Crippen molar-refractivity contribution in [3.05, 3.63) is 280 Å². The third-order valence-electron chi connectivity index (χ3n) is 14.4. The van der Waals surface area contributed by atoms with Gasteiger partial charge in [0.25, 0.3) is 0 Å². The molecule has 0 saturated heterocycles. The van der Waals surface area contributed by atoms with Gasteiger partial charge in [0, 0.05) is 16.9 Å².